The van der Waals surface area contributed by atoms with Crippen molar-refractivity contribution in [2.75, 3.05) is 0 Å². The van der Waals surface area contributed by atoms with E-state index in [1.54, 1.807) is 12.1 Å². The van der Waals surface area contributed by atoms with E-state index in [9.17, 15) is 27.2 Å². The molecule has 0 bridgehead atoms. The summed E-state index contributed by atoms with van der Waals surface area (Å²) in [5, 5.41) is 12.3. The fraction of sp³-hybridized carbons (Fsp3) is 0.0870. The van der Waals surface area contributed by atoms with Gasteiger partial charge in [0.1, 0.15) is 5.82 Å². The van der Waals surface area contributed by atoms with Crippen molar-refractivity contribution in [1.82, 2.24) is 31.1 Å². The average Bonchev–Trinajstić information content (AvgIpc) is 3.31. The van der Waals surface area contributed by atoms with Gasteiger partial charge in [0.2, 0.25) is 5.82 Å². The summed E-state index contributed by atoms with van der Waals surface area (Å²) in [6, 6.07) is 17.4. The minimum absolute atomic E-state index is 0.181. The summed E-state index contributed by atoms with van der Waals surface area (Å²) in [4.78, 5) is 25.8. The van der Waals surface area contributed by atoms with Gasteiger partial charge in [0.05, 0.1) is 12.1 Å². The molecule has 0 saturated carbocycles. The predicted octanol–water partition coefficient (Wildman–Crippen LogP) is 3.62. The number of hydrogen-bond acceptors (Lipinski definition) is 5. The van der Waals surface area contributed by atoms with Gasteiger partial charge in [0.15, 0.2) is 0 Å². The van der Waals surface area contributed by atoms with E-state index < -0.39 is 34.9 Å². The second kappa shape index (κ2) is 9.71. The lowest BCUT2D eigenvalue weighted by molar-refractivity contribution is -0.140. The van der Waals surface area contributed by atoms with Gasteiger partial charge >= 0.3 is 6.18 Å². The zero-order valence-electron chi connectivity index (χ0n) is 17.8. The fourth-order valence-corrected chi connectivity index (χ4v) is 3.08. The van der Waals surface area contributed by atoms with Crippen LogP contribution in [0.5, 0.6) is 0 Å². The number of tetrazole rings is 1. The van der Waals surface area contributed by atoms with Crippen LogP contribution in [-0.4, -0.2) is 32.0 Å². The first-order valence-electron chi connectivity index (χ1n) is 10.1. The smallest absolute Gasteiger partial charge is 0.267 e. The van der Waals surface area contributed by atoms with Crippen LogP contribution >= 0.6 is 0 Å². The number of nitrogens with one attached hydrogen (secondary N) is 2. The third-order valence-electron chi connectivity index (χ3n) is 4.85. The average molecular weight is 484 g/mol. The van der Waals surface area contributed by atoms with Crippen LogP contribution in [0.25, 0.3) is 11.4 Å². The minimum atomic E-state index is -4.96. The topological polar surface area (TPSA) is 102 Å². The molecule has 12 heteroatoms. The fourth-order valence-electron chi connectivity index (χ4n) is 3.08. The largest absolute Gasteiger partial charge is 0.419 e. The number of halogens is 4. The molecule has 0 aliphatic rings. The first-order valence-corrected chi connectivity index (χ1v) is 10.1. The van der Waals surface area contributed by atoms with E-state index >= 15 is 0 Å². The van der Waals surface area contributed by atoms with Gasteiger partial charge < -0.3 is 0 Å². The minimum Gasteiger partial charge on any atom is -0.267 e. The molecule has 0 saturated heterocycles. The van der Waals surface area contributed by atoms with Crippen molar-refractivity contribution >= 4 is 11.8 Å². The van der Waals surface area contributed by atoms with Crippen LogP contribution in [0.3, 0.4) is 0 Å². The number of benzene rings is 3. The Morgan fingerprint density at radius 3 is 2.14 bits per heavy atom. The van der Waals surface area contributed by atoms with Crippen molar-refractivity contribution < 1.29 is 27.2 Å². The molecule has 1 aromatic heterocycles. The summed E-state index contributed by atoms with van der Waals surface area (Å²) >= 11 is 0. The molecular weight excluding hydrogens is 468 g/mol. The Bertz CT molecular complexity index is 1350. The van der Waals surface area contributed by atoms with E-state index in [0.717, 1.165) is 17.2 Å². The number of carbonyl (C=O) groups is 2. The lowest BCUT2D eigenvalue weighted by Gasteiger charge is -2.11. The molecule has 2 N–H and O–H groups in total. The number of aromatic nitrogens is 4. The highest BCUT2D eigenvalue weighted by atomic mass is 19.4. The zero-order valence-corrected chi connectivity index (χ0v) is 17.8. The highest BCUT2D eigenvalue weighted by molar-refractivity contribution is 5.99. The molecule has 4 rings (SSSR count). The van der Waals surface area contributed by atoms with E-state index in [0.29, 0.717) is 24.5 Å². The molecule has 35 heavy (non-hydrogen) atoms. The number of nitrogens with zero attached hydrogens (tertiary/aromatic N) is 4. The van der Waals surface area contributed by atoms with Crippen LogP contribution in [0, 0.1) is 5.82 Å². The van der Waals surface area contributed by atoms with E-state index in [1.165, 1.54) is 16.9 Å². The second-order valence-corrected chi connectivity index (χ2v) is 7.31. The molecule has 0 radical (unpaired) electrons. The Kier molecular flexibility index (Phi) is 6.53. The van der Waals surface area contributed by atoms with Gasteiger partial charge in [0, 0.05) is 16.7 Å². The van der Waals surface area contributed by atoms with Crippen molar-refractivity contribution in [3.8, 4) is 11.4 Å². The van der Waals surface area contributed by atoms with Crippen LogP contribution in [0.15, 0.2) is 72.8 Å². The summed E-state index contributed by atoms with van der Waals surface area (Å²) in [6.45, 7) is 0.296. The van der Waals surface area contributed by atoms with Crippen LogP contribution in [0.1, 0.15) is 31.8 Å². The molecule has 1 heterocycles. The third kappa shape index (κ3) is 5.66. The van der Waals surface area contributed by atoms with Gasteiger partial charge in [-0.15, -0.1) is 10.2 Å². The van der Waals surface area contributed by atoms with Crippen molar-refractivity contribution in [2.24, 2.45) is 0 Å². The maximum atomic E-state index is 13.4. The normalized spacial score (nSPS) is 11.2. The quantitative estimate of drug-likeness (QED) is 0.333. The molecule has 4 aromatic rings. The summed E-state index contributed by atoms with van der Waals surface area (Å²) in [5.74, 6) is -2.77. The Morgan fingerprint density at radius 2 is 1.49 bits per heavy atom. The SMILES string of the molecule is O=C(NNC(=O)c1ccc(F)c(C(F)(F)F)c1)c1ccc(Cn2nnc(-c3ccccc3)n2)cc1. The van der Waals surface area contributed by atoms with Crippen LogP contribution in [-0.2, 0) is 12.7 Å². The Hall–Kier alpha value is -4.61. The zero-order chi connectivity index (χ0) is 25.0. The number of carbonyl (C=O) groups excluding carboxylic acids is 2. The first kappa shape index (κ1) is 23.5. The van der Waals surface area contributed by atoms with Gasteiger partial charge in [-0.25, -0.2) is 4.39 Å². The van der Waals surface area contributed by atoms with E-state index in [-0.39, 0.29) is 5.56 Å². The number of hydrazine groups is 1. The monoisotopic (exact) mass is 484 g/mol. The van der Waals surface area contributed by atoms with Crippen LogP contribution in [0.2, 0.25) is 0 Å². The molecule has 0 unspecified atom stereocenters. The Balaban J connectivity index is 1.35. The molecule has 0 atom stereocenters. The van der Waals surface area contributed by atoms with Gasteiger partial charge in [-0.2, -0.15) is 18.0 Å². The van der Waals surface area contributed by atoms with Crippen molar-refractivity contribution in [3.05, 3.63) is 101 Å². The van der Waals surface area contributed by atoms with E-state index in [1.807, 2.05) is 35.8 Å². The van der Waals surface area contributed by atoms with Crippen molar-refractivity contribution in [2.45, 2.75) is 12.7 Å². The predicted molar refractivity (Wildman–Crippen MR) is 115 cm³/mol. The number of alkyl halides is 3. The molecular formula is C23H16F4N6O2. The van der Waals surface area contributed by atoms with Gasteiger partial charge in [-0.3, -0.25) is 20.4 Å². The Labute approximate surface area is 195 Å². The molecule has 3 aromatic carbocycles. The van der Waals surface area contributed by atoms with E-state index in [4.69, 9.17) is 0 Å². The van der Waals surface area contributed by atoms with Crippen LogP contribution in [0.4, 0.5) is 17.6 Å². The number of rotatable bonds is 5. The van der Waals surface area contributed by atoms with Crippen molar-refractivity contribution in [3.63, 3.8) is 0 Å². The summed E-state index contributed by atoms with van der Waals surface area (Å²) in [6.07, 6.45) is -4.96. The number of hydrogen-bond donors (Lipinski definition) is 2. The van der Waals surface area contributed by atoms with Crippen LogP contribution < -0.4 is 10.9 Å². The lowest BCUT2D eigenvalue weighted by Crippen LogP contribution is -2.41. The van der Waals surface area contributed by atoms with Crippen molar-refractivity contribution in [1.29, 1.82) is 0 Å². The maximum absolute atomic E-state index is 13.4. The molecule has 178 valence electrons. The Morgan fingerprint density at radius 1 is 0.857 bits per heavy atom. The standard InChI is InChI=1S/C23H16F4N6O2/c24-19-11-10-17(12-18(19)23(25,26)27)22(35)30-29-21(34)16-8-6-14(7-9-16)13-33-31-20(28-32-33)15-4-2-1-3-5-15/h1-12H,13H2,(H,29,34)(H,30,35). The highest BCUT2D eigenvalue weighted by Gasteiger charge is 2.34. The molecule has 2 amide bonds. The summed E-state index contributed by atoms with van der Waals surface area (Å²) in [5.41, 5.74) is 3.84. The third-order valence-corrected chi connectivity index (χ3v) is 4.85. The molecule has 0 fully saturated rings. The van der Waals surface area contributed by atoms with E-state index in [2.05, 4.69) is 20.8 Å². The second-order valence-electron chi connectivity index (χ2n) is 7.31. The summed E-state index contributed by atoms with van der Waals surface area (Å²) in [7, 11) is 0. The van der Waals surface area contributed by atoms with Gasteiger partial charge in [-0.05, 0) is 41.1 Å². The lowest BCUT2D eigenvalue weighted by atomic mass is 10.1. The number of amides is 2. The maximum Gasteiger partial charge on any atom is 0.419 e. The molecule has 0 spiro atoms. The summed E-state index contributed by atoms with van der Waals surface area (Å²) < 4.78 is 51.8. The molecule has 0 aliphatic carbocycles. The first-order chi connectivity index (χ1) is 16.7. The van der Waals surface area contributed by atoms with Gasteiger partial charge in [-0.1, -0.05) is 42.5 Å². The highest BCUT2D eigenvalue weighted by Crippen LogP contribution is 2.31. The molecule has 0 aliphatic heterocycles. The van der Waals surface area contributed by atoms with Gasteiger partial charge in [0.25, 0.3) is 11.8 Å². The molecule has 8 nitrogen and oxygen atoms in total.